The highest BCUT2D eigenvalue weighted by molar-refractivity contribution is 5.97. The summed E-state index contributed by atoms with van der Waals surface area (Å²) in [4.78, 5) is 23.5. The number of hydrogen-bond donors (Lipinski definition) is 2. The topological polar surface area (TPSA) is 75.6 Å². The van der Waals surface area contributed by atoms with Crippen LogP contribution in [0.2, 0.25) is 0 Å². The quantitative estimate of drug-likeness (QED) is 0.755. The van der Waals surface area contributed by atoms with Crippen LogP contribution in [0.5, 0.6) is 5.75 Å². The van der Waals surface area contributed by atoms with E-state index in [1.54, 1.807) is 30.3 Å². The van der Waals surface area contributed by atoms with Gasteiger partial charge < -0.3 is 15.2 Å². The average molecular weight is 289 g/mol. The fraction of sp³-hybridized carbons (Fsp3) is 0.375. The maximum absolute atomic E-state index is 12.2. The lowest BCUT2D eigenvalue weighted by molar-refractivity contribution is -0.153. The van der Waals surface area contributed by atoms with Crippen LogP contribution in [0.25, 0.3) is 0 Å². The van der Waals surface area contributed by atoms with Gasteiger partial charge in [-0.25, -0.2) is 0 Å². The summed E-state index contributed by atoms with van der Waals surface area (Å²) >= 11 is 0. The van der Waals surface area contributed by atoms with Crippen LogP contribution in [-0.2, 0) is 4.79 Å². The average Bonchev–Trinajstić information content (AvgIpc) is 2.43. The zero-order valence-electron chi connectivity index (χ0n) is 11.8. The van der Waals surface area contributed by atoms with E-state index in [1.807, 2.05) is 0 Å². The molecule has 1 aliphatic carbocycles. The van der Waals surface area contributed by atoms with Crippen LogP contribution in [0.3, 0.4) is 0 Å². The summed E-state index contributed by atoms with van der Waals surface area (Å²) in [6.07, 6.45) is 3.71. The summed E-state index contributed by atoms with van der Waals surface area (Å²) in [6, 6.07) is 6.88. The minimum atomic E-state index is -0.842. The Bertz CT molecular complexity index is 549. The summed E-state index contributed by atoms with van der Waals surface area (Å²) < 4.78 is 5.43. The lowest BCUT2D eigenvalue weighted by Crippen LogP contribution is -2.47. The minimum absolute atomic E-state index is 0.150. The smallest absolute Gasteiger partial charge is 0.311 e. The van der Waals surface area contributed by atoms with Crippen molar-refractivity contribution >= 4 is 11.9 Å². The molecule has 1 amide bonds. The van der Waals surface area contributed by atoms with E-state index < -0.39 is 11.4 Å². The molecule has 1 fully saturated rings. The maximum atomic E-state index is 12.2. The van der Waals surface area contributed by atoms with Gasteiger partial charge in [-0.05, 0) is 25.0 Å². The van der Waals surface area contributed by atoms with E-state index in [0.29, 0.717) is 30.8 Å². The Morgan fingerprint density at radius 2 is 2.10 bits per heavy atom. The highest BCUT2D eigenvalue weighted by Gasteiger charge is 2.44. The number of ether oxygens (including phenoxy) is 1. The van der Waals surface area contributed by atoms with E-state index in [2.05, 4.69) is 11.9 Å². The van der Waals surface area contributed by atoms with Gasteiger partial charge in [-0.1, -0.05) is 31.2 Å². The Kier molecular flexibility index (Phi) is 4.62. The lowest BCUT2D eigenvalue weighted by Gasteiger charge is -2.37. The summed E-state index contributed by atoms with van der Waals surface area (Å²) in [5.74, 6) is -0.694. The van der Waals surface area contributed by atoms with E-state index in [9.17, 15) is 14.7 Å². The Labute approximate surface area is 123 Å². The molecule has 1 saturated carbocycles. The highest BCUT2D eigenvalue weighted by Crippen LogP contribution is 2.40. The van der Waals surface area contributed by atoms with Crippen molar-refractivity contribution in [1.29, 1.82) is 0 Å². The normalized spacial score (nSPS) is 15.6. The zero-order valence-corrected chi connectivity index (χ0v) is 11.8. The zero-order chi connectivity index (χ0) is 15.3. The SMILES string of the molecule is C=CCOc1ccccc1C(=O)NCC1(C(=O)O)CCC1. The van der Waals surface area contributed by atoms with Crippen LogP contribution in [0.15, 0.2) is 36.9 Å². The predicted molar refractivity (Wildman–Crippen MR) is 78.4 cm³/mol. The molecule has 2 rings (SSSR count). The Balaban J connectivity index is 2.03. The Hall–Kier alpha value is -2.30. The lowest BCUT2D eigenvalue weighted by atomic mass is 9.69. The number of aliphatic carboxylic acids is 1. The Morgan fingerprint density at radius 1 is 1.38 bits per heavy atom. The largest absolute Gasteiger partial charge is 0.489 e. The van der Waals surface area contributed by atoms with Gasteiger partial charge in [-0.2, -0.15) is 0 Å². The van der Waals surface area contributed by atoms with E-state index in [4.69, 9.17) is 4.74 Å². The second-order valence-electron chi connectivity index (χ2n) is 5.22. The van der Waals surface area contributed by atoms with Gasteiger partial charge in [0.05, 0.1) is 11.0 Å². The van der Waals surface area contributed by atoms with Crippen LogP contribution in [-0.4, -0.2) is 30.1 Å². The fourth-order valence-corrected chi connectivity index (χ4v) is 2.34. The molecule has 1 aliphatic rings. The molecule has 2 N–H and O–H groups in total. The van der Waals surface area contributed by atoms with Crippen LogP contribution in [0, 0.1) is 5.41 Å². The standard InChI is InChI=1S/C16H19NO4/c1-2-10-21-13-7-4-3-6-12(13)14(18)17-11-16(15(19)20)8-5-9-16/h2-4,6-7H,1,5,8-11H2,(H,17,18)(H,19,20). The number of carbonyl (C=O) groups is 2. The van der Waals surface area contributed by atoms with Crippen molar-refractivity contribution in [1.82, 2.24) is 5.32 Å². The van der Waals surface area contributed by atoms with Crippen molar-refractivity contribution in [2.45, 2.75) is 19.3 Å². The van der Waals surface area contributed by atoms with Gasteiger partial charge in [-0.3, -0.25) is 9.59 Å². The molecule has 5 heteroatoms. The molecule has 0 aromatic heterocycles. The van der Waals surface area contributed by atoms with Gasteiger partial charge in [-0.15, -0.1) is 0 Å². The summed E-state index contributed by atoms with van der Waals surface area (Å²) in [7, 11) is 0. The van der Waals surface area contributed by atoms with Crippen molar-refractivity contribution in [3.8, 4) is 5.75 Å². The number of amides is 1. The first-order valence-corrected chi connectivity index (χ1v) is 6.93. The number of nitrogens with one attached hydrogen (secondary N) is 1. The molecule has 21 heavy (non-hydrogen) atoms. The molecular formula is C16H19NO4. The van der Waals surface area contributed by atoms with Crippen molar-refractivity contribution in [2.24, 2.45) is 5.41 Å². The molecule has 0 bridgehead atoms. The van der Waals surface area contributed by atoms with Gasteiger partial charge >= 0.3 is 5.97 Å². The van der Waals surface area contributed by atoms with E-state index in [-0.39, 0.29) is 12.5 Å². The Morgan fingerprint density at radius 3 is 2.67 bits per heavy atom. The van der Waals surface area contributed by atoms with E-state index >= 15 is 0 Å². The van der Waals surface area contributed by atoms with Crippen LogP contribution < -0.4 is 10.1 Å². The molecular weight excluding hydrogens is 270 g/mol. The van der Waals surface area contributed by atoms with Gasteiger partial charge in [0.1, 0.15) is 12.4 Å². The third-order valence-electron chi connectivity index (χ3n) is 3.84. The predicted octanol–water partition coefficient (Wildman–Crippen LogP) is 2.24. The van der Waals surface area contributed by atoms with Crippen LogP contribution in [0.1, 0.15) is 29.6 Å². The highest BCUT2D eigenvalue weighted by atomic mass is 16.5. The minimum Gasteiger partial charge on any atom is -0.489 e. The number of para-hydroxylation sites is 1. The molecule has 5 nitrogen and oxygen atoms in total. The number of rotatable bonds is 7. The molecule has 0 saturated heterocycles. The number of carboxylic acid groups (broad SMARTS) is 1. The molecule has 1 aromatic rings. The van der Waals surface area contributed by atoms with Crippen molar-refractivity contribution < 1.29 is 19.4 Å². The second-order valence-corrected chi connectivity index (χ2v) is 5.22. The van der Waals surface area contributed by atoms with Gasteiger partial charge in [0.2, 0.25) is 0 Å². The molecule has 112 valence electrons. The molecule has 0 spiro atoms. The second kappa shape index (κ2) is 6.43. The molecule has 0 aliphatic heterocycles. The van der Waals surface area contributed by atoms with Crippen LogP contribution >= 0.6 is 0 Å². The number of carbonyl (C=O) groups excluding carboxylic acids is 1. The fourth-order valence-electron chi connectivity index (χ4n) is 2.34. The summed E-state index contributed by atoms with van der Waals surface area (Å²) in [5, 5.41) is 12.0. The van der Waals surface area contributed by atoms with Crippen molar-refractivity contribution in [3.05, 3.63) is 42.5 Å². The third kappa shape index (κ3) is 3.24. The van der Waals surface area contributed by atoms with E-state index in [0.717, 1.165) is 6.42 Å². The molecule has 0 radical (unpaired) electrons. The van der Waals surface area contributed by atoms with Crippen LogP contribution in [0.4, 0.5) is 0 Å². The van der Waals surface area contributed by atoms with Crippen molar-refractivity contribution in [2.75, 3.05) is 13.2 Å². The van der Waals surface area contributed by atoms with Gasteiger partial charge in [0.25, 0.3) is 5.91 Å². The first kappa shape index (κ1) is 15.1. The maximum Gasteiger partial charge on any atom is 0.311 e. The molecule has 0 atom stereocenters. The van der Waals surface area contributed by atoms with Gasteiger partial charge in [0, 0.05) is 6.54 Å². The molecule has 1 aromatic carbocycles. The summed E-state index contributed by atoms with van der Waals surface area (Å²) in [5.41, 5.74) is -0.397. The van der Waals surface area contributed by atoms with Crippen molar-refractivity contribution in [3.63, 3.8) is 0 Å². The number of hydrogen-bond acceptors (Lipinski definition) is 3. The molecule has 0 heterocycles. The number of carboxylic acids is 1. The first-order chi connectivity index (χ1) is 10.1. The van der Waals surface area contributed by atoms with E-state index in [1.165, 1.54) is 0 Å². The number of benzene rings is 1. The first-order valence-electron chi connectivity index (χ1n) is 6.93. The summed E-state index contributed by atoms with van der Waals surface area (Å²) in [6.45, 7) is 4.02. The monoisotopic (exact) mass is 289 g/mol. The molecule has 0 unspecified atom stereocenters. The third-order valence-corrected chi connectivity index (χ3v) is 3.84. The van der Waals surface area contributed by atoms with Gasteiger partial charge in [0.15, 0.2) is 0 Å².